The van der Waals surface area contributed by atoms with E-state index in [1.807, 2.05) is 18.2 Å². The first kappa shape index (κ1) is 17.5. The fraction of sp³-hybridized carbons (Fsp3) is 0.190. The molecule has 0 unspecified atom stereocenters. The minimum atomic E-state index is 0.224. The zero-order valence-electron chi connectivity index (χ0n) is 15.0. The van der Waals surface area contributed by atoms with Crippen LogP contribution in [0.25, 0.3) is 10.2 Å². The van der Waals surface area contributed by atoms with Crippen LogP contribution in [0.5, 0.6) is 11.8 Å². The predicted octanol–water partition coefficient (Wildman–Crippen LogP) is 4.90. The molecule has 3 aromatic heterocycles. The summed E-state index contributed by atoms with van der Waals surface area (Å²) in [5.74, 6) is 2.07. The second kappa shape index (κ2) is 7.41. The molecule has 0 aliphatic heterocycles. The van der Waals surface area contributed by atoms with Crippen LogP contribution < -0.4 is 9.47 Å². The Balaban J connectivity index is 1.54. The molecule has 0 amide bonds. The molecule has 4 aromatic rings. The number of thioether (sulfide) groups is 1. The maximum atomic E-state index is 12.1. The molecule has 0 spiro atoms. The first-order chi connectivity index (χ1) is 13.8. The van der Waals surface area contributed by atoms with Gasteiger partial charge in [-0.05, 0) is 43.0 Å². The molecule has 0 fully saturated rings. The van der Waals surface area contributed by atoms with Gasteiger partial charge < -0.3 is 9.94 Å². The van der Waals surface area contributed by atoms with Crippen molar-refractivity contribution in [3.63, 3.8) is 0 Å². The average Bonchev–Trinajstić information content (AvgIpc) is 3.30. The van der Waals surface area contributed by atoms with Gasteiger partial charge in [0.15, 0.2) is 6.20 Å². The first-order valence-corrected chi connectivity index (χ1v) is 10.9. The molecular weight excluding hydrogens is 390 g/mol. The van der Waals surface area contributed by atoms with Gasteiger partial charge in [-0.3, -0.25) is 0 Å². The topological polar surface area (TPSA) is 62.0 Å². The highest BCUT2D eigenvalue weighted by molar-refractivity contribution is 7.98. The lowest BCUT2D eigenvalue weighted by molar-refractivity contribution is -0.611. The number of rotatable bonds is 5. The fourth-order valence-corrected chi connectivity index (χ4v) is 5.44. The first-order valence-electron chi connectivity index (χ1n) is 9.13. The number of fused-ring (bicyclic) bond motifs is 3. The van der Waals surface area contributed by atoms with Crippen LogP contribution in [0.2, 0.25) is 0 Å². The summed E-state index contributed by atoms with van der Waals surface area (Å²) >= 11 is 3.41. The van der Waals surface area contributed by atoms with Crippen molar-refractivity contribution in [3.05, 3.63) is 76.2 Å². The van der Waals surface area contributed by atoms with Crippen LogP contribution in [0.4, 0.5) is 0 Å². The molecule has 1 aliphatic carbocycles. The van der Waals surface area contributed by atoms with Crippen molar-refractivity contribution in [1.29, 1.82) is 0 Å². The highest BCUT2D eigenvalue weighted by Crippen LogP contribution is 2.41. The Labute approximate surface area is 170 Å². The van der Waals surface area contributed by atoms with E-state index in [-0.39, 0.29) is 5.88 Å². The molecule has 140 valence electrons. The van der Waals surface area contributed by atoms with E-state index < -0.39 is 0 Å². The zero-order valence-corrected chi connectivity index (χ0v) is 16.6. The van der Waals surface area contributed by atoms with Crippen molar-refractivity contribution in [2.45, 2.75) is 29.9 Å². The standard InChI is InChI=1S/C21H17N3O2S2/c25-24-12-5-4-11-18(24)26-20-19-15-9-6-10-16(15)28-21(19)23-17(22-20)13-27-14-7-2-1-3-8-14/h1-5,7-8,11-12H,6,9-10,13H2. The molecule has 5 rings (SSSR count). The Morgan fingerprint density at radius 3 is 2.79 bits per heavy atom. The minimum absolute atomic E-state index is 0.224. The summed E-state index contributed by atoms with van der Waals surface area (Å²) in [5, 5.41) is 13.0. The van der Waals surface area contributed by atoms with Gasteiger partial charge in [-0.2, -0.15) is 4.98 Å². The number of pyridine rings is 1. The second-order valence-corrected chi connectivity index (χ2v) is 8.68. The lowest BCUT2D eigenvalue weighted by atomic mass is 10.2. The molecule has 28 heavy (non-hydrogen) atoms. The highest BCUT2D eigenvalue weighted by Gasteiger charge is 2.24. The summed E-state index contributed by atoms with van der Waals surface area (Å²) < 4.78 is 6.72. The van der Waals surface area contributed by atoms with E-state index in [1.165, 1.54) is 21.5 Å². The molecule has 0 N–H and O–H groups in total. The van der Waals surface area contributed by atoms with Gasteiger partial charge >= 0.3 is 5.88 Å². The van der Waals surface area contributed by atoms with Gasteiger partial charge in [-0.25, -0.2) is 4.98 Å². The van der Waals surface area contributed by atoms with Gasteiger partial charge in [0.05, 0.1) is 17.2 Å². The van der Waals surface area contributed by atoms with E-state index in [0.29, 0.717) is 17.5 Å². The van der Waals surface area contributed by atoms with E-state index in [2.05, 4.69) is 12.1 Å². The predicted molar refractivity (Wildman–Crippen MR) is 111 cm³/mol. The summed E-state index contributed by atoms with van der Waals surface area (Å²) in [6.07, 6.45) is 4.67. The van der Waals surface area contributed by atoms with Crippen LogP contribution in [0.1, 0.15) is 22.7 Å². The third-order valence-electron chi connectivity index (χ3n) is 4.68. The minimum Gasteiger partial charge on any atom is -0.616 e. The maximum Gasteiger partial charge on any atom is 0.386 e. The Kier molecular flexibility index (Phi) is 4.62. The molecular formula is C21H17N3O2S2. The van der Waals surface area contributed by atoms with Crippen molar-refractivity contribution < 1.29 is 9.47 Å². The molecule has 0 radical (unpaired) electrons. The van der Waals surface area contributed by atoms with Gasteiger partial charge in [-0.15, -0.1) is 27.8 Å². The van der Waals surface area contributed by atoms with Crippen molar-refractivity contribution in [2.75, 3.05) is 0 Å². The van der Waals surface area contributed by atoms with Gasteiger partial charge in [0.25, 0.3) is 0 Å². The summed E-state index contributed by atoms with van der Waals surface area (Å²) in [7, 11) is 0. The Hall–Kier alpha value is -2.64. The van der Waals surface area contributed by atoms with E-state index in [1.54, 1.807) is 41.3 Å². The van der Waals surface area contributed by atoms with Crippen LogP contribution in [0, 0.1) is 5.21 Å². The number of ether oxygens (including phenoxy) is 1. The Morgan fingerprint density at radius 2 is 1.93 bits per heavy atom. The zero-order chi connectivity index (χ0) is 18.9. The summed E-state index contributed by atoms with van der Waals surface area (Å²) in [6.45, 7) is 0. The van der Waals surface area contributed by atoms with E-state index in [4.69, 9.17) is 14.7 Å². The van der Waals surface area contributed by atoms with Gasteiger partial charge in [0.1, 0.15) is 10.7 Å². The lowest BCUT2D eigenvalue weighted by Gasteiger charge is -2.09. The Morgan fingerprint density at radius 1 is 1.07 bits per heavy atom. The molecule has 1 aliphatic rings. The Bertz CT molecular complexity index is 1150. The number of hydrogen-bond acceptors (Lipinski definition) is 6. The van der Waals surface area contributed by atoms with Crippen LogP contribution in [-0.2, 0) is 18.6 Å². The summed E-state index contributed by atoms with van der Waals surface area (Å²) in [5.41, 5.74) is 1.28. The smallest absolute Gasteiger partial charge is 0.386 e. The largest absolute Gasteiger partial charge is 0.616 e. The van der Waals surface area contributed by atoms with Gasteiger partial charge in [0.2, 0.25) is 5.88 Å². The van der Waals surface area contributed by atoms with Crippen molar-refractivity contribution in [3.8, 4) is 11.8 Å². The van der Waals surface area contributed by atoms with E-state index in [9.17, 15) is 5.21 Å². The number of aromatic nitrogens is 3. The quantitative estimate of drug-likeness (QED) is 0.268. The second-order valence-electron chi connectivity index (χ2n) is 6.55. The maximum absolute atomic E-state index is 12.1. The van der Waals surface area contributed by atoms with Crippen molar-refractivity contribution >= 4 is 33.3 Å². The average molecular weight is 408 g/mol. The molecule has 1 aromatic carbocycles. The van der Waals surface area contributed by atoms with Crippen LogP contribution in [0.3, 0.4) is 0 Å². The molecule has 7 heteroatoms. The van der Waals surface area contributed by atoms with Crippen molar-refractivity contribution in [1.82, 2.24) is 9.97 Å². The van der Waals surface area contributed by atoms with Crippen LogP contribution in [0.15, 0.2) is 59.6 Å². The van der Waals surface area contributed by atoms with E-state index in [0.717, 1.165) is 34.2 Å². The van der Waals surface area contributed by atoms with Gasteiger partial charge in [-0.1, -0.05) is 18.2 Å². The molecule has 5 nitrogen and oxygen atoms in total. The third-order valence-corrected chi connectivity index (χ3v) is 6.87. The monoisotopic (exact) mass is 407 g/mol. The van der Waals surface area contributed by atoms with Crippen LogP contribution >= 0.6 is 23.1 Å². The normalized spacial score (nSPS) is 13.0. The van der Waals surface area contributed by atoms with Gasteiger partial charge in [0, 0.05) is 15.8 Å². The number of hydrogen-bond donors (Lipinski definition) is 0. The molecule has 0 saturated carbocycles. The van der Waals surface area contributed by atoms with Crippen molar-refractivity contribution in [2.24, 2.45) is 0 Å². The molecule has 3 heterocycles. The number of aryl methyl sites for hydroxylation is 2. The number of nitrogens with zero attached hydrogens (tertiary/aromatic N) is 3. The van der Waals surface area contributed by atoms with Crippen LogP contribution in [-0.4, -0.2) is 9.97 Å². The molecule has 0 atom stereocenters. The highest BCUT2D eigenvalue weighted by atomic mass is 32.2. The fourth-order valence-electron chi connectivity index (χ4n) is 3.40. The number of benzene rings is 1. The molecule has 0 saturated heterocycles. The van der Waals surface area contributed by atoms with E-state index >= 15 is 0 Å². The third kappa shape index (κ3) is 3.31. The SMILES string of the molecule is [O-][n+]1ccccc1Oc1nc(CSc2ccccc2)nc2sc3c(c12)CCC3. The lowest BCUT2D eigenvalue weighted by Crippen LogP contribution is -2.27. The number of thiophene rings is 1. The summed E-state index contributed by atoms with van der Waals surface area (Å²) in [4.78, 5) is 13.0. The molecule has 0 bridgehead atoms. The summed E-state index contributed by atoms with van der Waals surface area (Å²) in [6, 6.07) is 15.3.